The summed E-state index contributed by atoms with van der Waals surface area (Å²) < 4.78 is 18.8. The summed E-state index contributed by atoms with van der Waals surface area (Å²) in [7, 11) is 0. The Hall–Kier alpha value is -2.50. The molecule has 0 unspecified atom stereocenters. The zero-order valence-electron chi connectivity index (χ0n) is 15.5. The second-order valence-corrected chi connectivity index (χ2v) is 8.94. The van der Waals surface area contributed by atoms with Gasteiger partial charge in [-0.25, -0.2) is 9.18 Å². The number of nitrogens with one attached hydrogen (secondary N) is 2. The highest BCUT2D eigenvalue weighted by Gasteiger charge is 2.16. The van der Waals surface area contributed by atoms with Crippen molar-refractivity contribution in [2.45, 2.75) is 18.2 Å². The fraction of sp³-hybridized carbons (Fsp3) is 0.222. The lowest BCUT2D eigenvalue weighted by Gasteiger charge is -2.01. The summed E-state index contributed by atoms with van der Waals surface area (Å²) in [5.41, 5.74) is 1.33. The van der Waals surface area contributed by atoms with Crippen LogP contribution in [0.5, 0.6) is 0 Å². The Labute approximate surface area is 178 Å². The number of rotatable bonds is 8. The second-order valence-electron chi connectivity index (χ2n) is 5.69. The van der Waals surface area contributed by atoms with Crippen LogP contribution in [-0.4, -0.2) is 34.4 Å². The average Bonchev–Trinajstić information content (AvgIpc) is 3.26. The minimum atomic E-state index is -0.392. The molecule has 0 radical (unpaired) electrons. The highest BCUT2D eigenvalue weighted by atomic mass is 32.2. The van der Waals surface area contributed by atoms with Crippen molar-refractivity contribution in [1.29, 1.82) is 0 Å². The van der Waals surface area contributed by atoms with Crippen LogP contribution >= 0.6 is 34.4 Å². The van der Waals surface area contributed by atoms with E-state index in [4.69, 9.17) is 4.74 Å². The quantitative estimate of drug-likeness (QED) is 0.378. The number of thioether (sulfide) groups is 1. The van der Waals surface area contributed by atoms with Gasteiger partial charge in [-0.2, -0.15) is 0 Å². The van der Waals surface area contributed by atoms with Crippen LogP contribution in [0, 0.1) is 12.7 Å². The van der Waals surface area contributed by atoms with Crippen molar-refractivity contribution in [3.63, 3.8) is 0 Å². The molecule has 0 aliphatic carbocycles. The molecule has 3 rings (SSSR count). The van der Waals surface area contributed by atoms with E-state index in [0.717, 1.165) is 5.56 Å². The number of aryl methyl sites for hydroxylation is 1. The zero-order valence-corrected chi connectivity index (χ0v) is 18.0. The van der Waals surface area contributed by atoms with E-state index in [1.165, 1.54) is 46.6 Å². The van der Waals surface area contributed by atoms with Crippen LogP contribution < -0.4 is 10.6 Å². The van der Waals surface area contributed by atoms with Crippen LogP contribution in [0.1, 0.15) is 22.2 Å². The maximum atomic E-state index is 13.2. The molecule has 2 aromatic heterocycles. The van der Waals surface area contributed by atoms with E-state index in [0.29, 0.717) is 31.6 Å². The molecule has 1 aromatic carbocycles. The molecule has 7 nitrogen and oxygen atoms in total. The molecule has 0 saturated heterocycles. The van der Waals surface area contributed by atoms with Gasteiger partial charge in [-0.1, -0.05) is 29.2 Å². The maximum Gasteiger partial charge on any atom is 0.348 e. The number of esters is 1. The Morgan fingerprint density at radius 2 is 2.07 bits per heavy atom. The highest BCUT2D eigenvalue weighted by Crippen LogP contribution is 2.30. The predicted molar refractivity (Wildman–Crippen MR) is 114 cm³/mol. The smallest absolute Gasteiger partial charge is 0.348 e. The van der Waals surface area contributed by atoms with Crippen molar-refractivity contribution < 1.29 is 18.7 Å². The van der Waals surface area contributed by atoms with Gasteiger partial charge in [0.1, 0.15) is 10.7 Å². The van der Waals surface area contributed by atoms with Crippen LogP contribution in [0.4, 0.5) is 20.2 Å². The van der Waals surface area contributed by atoms with Gasteiger partial charge in [-0.15, -0.1) is 21.5 Å². The molecule has 3 aromatic rings. The maximum absolute atomic E-state index is 13.2. The number of nitrogens with zero attached hydrogens (tertiary/aromatic N) is 2. The summed E-state index contributed by atoms with van der Waals surface area (Å²) in [6.07, 6.45) is 0. The summed E-state index contributed by atoms with van der Waals surface area (Å²) >= 11 is 3.69. The fourth-order valence-corrected chi connectivity index (χ4v) is 4.81. The third kappa shape index (κ3) is 5.99. The number of hydrogen-bond donors (Lipinski definition) is 2. The Kier molecular flexibility index (Phi) is 7.18. The SMILES string of the molecule is CCOC(=O)c1sc(NC(=O)CSc2nnc(Nc3cccc(F)c3)s2)cc1C. The summed E-state index contributed by atoms with van der Waals surface area (Å²) in [6.45, 7) is 3.83. The number of halogens is 1. The zero-order chi connectivity index (χ0) is 20.8. The average molecular weight is 453 g/mol. The summed E-state index contributed by atoms with van der Waals surface area (Å²) in [5.74, 6) is -0.820. The van der Waals surface area contributed by atoms with Gasteiger partial charge in [-0.3, -0.25) is 4.79 Å². The first-order valence-electron chi connectivity index (χ1n) is 8.51. The van der Waals surface area contributed by atoms with Crippen LogP contribution in [0.3, 0.4) is 0 Å². The number of carbonyl (C=O) groups excluding carboxylic acids is 2. The van der Waals surface area contributed by atoms with E-state index in [-0.39, 0.29) is 17.5 Å². The number of anilines is 3. The van der Waals surface area contributed by atoms with Crippen LogP contribution in [-0.2, 0) is 9.53 Å². The summed E-state index contributed by atoms with van der Waals surface area (Å²) in [4.78, 5) is 24.5. The van der Waals surface area contributed by atoms with Gasteiger partial charge in [0.15, 0.2) is 4.34 Å². The van der Waals surface area contributed by atoms with Gasteiger partial charge in [0.2, 0.25) is 11.0 Å². The number of ether oxygens (including phenoxy) is 1. The van der Waals surface area contributed by atoms with Crippen molar-refractivity contribution in [3.8, 4) is 0 Å². The molecule has 0 aliphatic rings. The van der Waals surface area contributed by atoms with Crippen molar-refractivity contribution in [3.05, 3.63) is 46.6 Å². The Bertz CT molecular complexity index is 1020. The van der Waals surface area contributed by atoms with Crippen LogP contribution in [0.2, 0.25) is 0 Å². The van der Waals surface area contributed by atoms with Crippen molar-refractivity contribution in [1.82, 2.24) is 10.2 Å². The topological polar surface area (TPSA) is 93.2 Å². The first-order chi connectivity index (χ1) is 13.9. The van der Waals surface area contributed by atoms with Gasteiger partial charge in [0.25, 0.3) is 0 Å². The molecular formula is C18H17FN4O3S3. The van der Waals surface area contributed by atoms with Crippen LogP contribution in [0.15, 0.2) is 34.7 Å². The third-order valence-electron chi connectivity index (χ3n) is 3.45. The Morgan fingerprint density at radius 3 is 2.83 bits per heavy atom. The molecule has 0 saturated carbocycles. The van der Waals surface area contributed by atoms with Gasteiger partial charge >= 0.3 is 5.97 Å². The standard InChI is InChI=1S/C18H17FN4O3S3/c1-3-26-16(25)15-10(2)7-14(28-15)21-13(24)9-27-18-23-22-17(29-18)20-12-6-4-5-11(19)8-12/h4-8H,3,9H2,1-2H3,(H,20,22)(H,21,24). The molecule has 11 heteroatoms. The first kappa shape index (κ1) is 21.2. The fourth-order valence-electron chi connectivity index (χ4n) is 2.25. The molecule has 1 amide bonds. The number of hydrogen-bond acceptors (Lipinski definition) is 9. The molecular weight excluding hydrogens is 435 g/mol. The van der Waals surface area contributed by atoms with Crippen LogP contribution in [0.25, 0.3) is 0 Å². The third-order valence-corrected chi connectivity index (χ3v) is 6.55. The summed E-state index contributed by atoms with van der Waals surface area (Å²) in [5, 5.41) is 14.8. The number of carbonyl (C=O) groups is 2. The van der Waals surface area contributed by atoms with E-state index in [1.54, 1.807) is 32.0 Å². The number of thiophene rings is 1. The molecule has 0 spiro atoms. The van der Waals surface area contributed by atoms with E-state index in [9.17, 15) is 14.0 Å². The van der Waals surface area contributed by atoms with E-state index >= 15 is 0 Å². The lowest BCUT2D eigenvalue weighted by atomic mass is 10.3. The largest absolute Gasteiger partial charge is 0.462 e. The predicted octanol–water partition coefficient (Wildman–Crippen LogP) is 4.70. The number of benzene rings is 1. The van der Waals surface area contributed by atoms with Crippen molar-refractivity contribution in [2.75, 3.05) is 23.0 Å². The highest BCUT2D eigenvalue weighted by molar-refractivity contribution is 8.01. The summed E-state index contributed by atoms with van der Waals surface area (Å²) in [6, 6.07) is 7.77. The number of aromatic nitrogens is 2. The Balaban J connectivity index is 1.52. The molecule has 2 N–H and O–H groups in total. The van der Waals surface area contributed by atoms with Gasteiger partial charge < -0.3 is 15.4 Å². The molecule has 0 atom stereocenters. The lowest BCUT2D eigenvalue weighted by molar-refractivity contribution is -0.113. The lowest BCUT2D eigenvalue weighted by Crippen LogP contribution is -2.12. The molecule has 2 heterocycles. The molecule has 29 heavy (non-hydrogen) atoms. The van der Waals surface area contributed by atoms with Gasteiger partial charge in [0.05, 0.1) is 17.4 Å². The minimum absolute atomic E-state index is 0.139. The first-order valence-corrected chi connectivity index (χ1v) is 11.1. The molecule has 0 fully saturated rings. The van der Waals surface area contributed by atoms with Gasteiger partial charge in [-0.05, 0) is 43.7 Å². The van der Waals surface area contributed by atoms with Gasteiger partial charge in [0, 0.05) is 5.69 Å². The van der Waals surface area contributed by atoms with Crippen molar-refractivity contribution >= 4 is 62.1 Å². The van der Waals surface area contributed by atoms with E-state index in [2.05, 4.69) is 20.8 Å². The van der Waals surface area contributed by atoms with E-state index < -0.39 is 5.97 Å². The molecule has 0 bridgehead atoms. The van der Waals surface area contributed by atoms with E-state index in [1.807, 2.05) is 0 Å². The molecule has 0 aliphatic heterocycles. The number of amides is 1. The molecule has 152 valence electrons. The minimum Gasteiger partial charge on any atom is -0.462 e. The Morgan fingerprint density at radius 1 is 1.24 bits per heavy atom. The monoisotopic (exact) mass is 452 g/mol. The second kappa shape index (κ2) is 9.81. The normalized spacial score (nSPS) is 10.6. The van der Waals surface area contributed by atoms with Crippen molar-refractivity contribution in [2.24, 2.45) is 0 Å².